The summed E-state index contributed by atoms with van der Waals surface area (Å²) in [6, 6.07) is 0. The molecule has 0 saturated carbocycles. The lowest BCUT2D eigenvalue weighted by atomic mass is 10.2. The first-order chi connectivity index (χ1) is 10.1. The van der Waals surface area contributed by atoms with E-state index in [1.807, 2.05) is 6.08 Å². The Hall–Kier alpha value is -1.61. The summed E-state index contributed by atoms with van der Waals surface area (Å²) in [5.41, 5.74) is 0.0347. The fourth-order valence-electron chi connectivity index (χ4n) is 1.11. The van der Waals surface area contributed by atoms with Crippen molar-refractivity contribution >= 4 is 14.3 Å². The fourth-order valence-corrected chi connectivity index (χ4v) is 2.05. The summed E-state index contributed by atoms with van der Waals surface area (Å²) < 4.78 is 5.95. The molecule has 22 heavy (non-hydrogen) atoms. The second-order valence-corrected chi connectivity index (χ2v) is 11.1. The van der Waals surface area contributed by atoms with Gasteiger partial charge in [-0.05, 0) is 30.3 Å². The molecule has 0 aromatic carbocycles. The minimum Gasteiger partial charge on any atom is -0.478 e. The van der Waals surface area contributed by atoms with Gasteiger partial charge in [0.25, 0.3) is 0 Å². The van der Waals surface area contributed by atoms with E-state index < -0.39 is 14.3 Å². The summed E-state index contributed by atoms with van der Waals surface area (Å²) in [6.07, 6.45) is 7.45. The molecule has 0 aliphatic rings. The standard InChI is InChI=1S/C17H26O4Si/c1-17(2,3)22(4,5)21-14-9-7-6-8-11-15(16(19)20)12-10-13-18/h7,9-12,18H,13-14H2,1-5H3,(H,19,20)/b9-7+,12-10+,15-11-. The molecule has 0 aromatic rings. The average molecular weight is 322 g/mol. The monoisotopic (exact) mass is 322 g/mol. The molecule has 0 fully saturated rings. The Bertz CT molecular complexity index is 511. The fraction of sp³-hybridized carbons (Fsp3) is 0.471. The minimum atomic E-state index is -1.74. The van der Waals surface area contributed by atoms with Crippen molar-refractivity contribution in [3.05, 3.63) is 36.0 Å². The van der Waals surface area contributed by atoms with Crippen molar-refractivity contribution in [2.45, 2.75) is 38.9 Å². The lowest BCUT2D eigenvalue weighted by Crippen LogP contribution is -2.40. The van der Waals surface area contributed by atoms with Crippen LogP contribution in [0.3, 0.4) is 0 Å². The molecule has 4 nitrogen and oxygen atoms in total. The number of aliphatic carboxylic acids is 1. The zero-order valence-electron chi connectivity index (χ0n) is 14.0. The molecule has 0 atom stereocenters. The van der Waals surface area contributed by atoms with Gasteiger partial charge in [-0.2, -0.15) is 0 Å². The summed E-state index contributed by atoms with van der Waals surface area (Å²) >= 11 is 0. The van der Waals surface area contributed by atoms with Crippen molar-refractivity contribution < 1.29 is 19.4 Å². The Balaban J connectivity index is 4.52. The van der Waals surface area contributed by atoms with E-state index in [0.717, 1.165) is 0 Å². The van der Waals surface area contributed by atoms with E-state index in [4.69, 9.17) is 14.6 Å². The van der Waals surface area contributed by atoms with Crippen molar-refractivity contribution in [3.63, 3.8) is 0 Å². The van der Waals surface area contributed by atoms with Crippen molar-refractivity contribution in [2.75, 3.05) is 13.2 Å². The molecule has 0 radical (unpaired) electrons. The van der Waals surface area contributed by atoms with Crippen LogP contribution >= 0.6 is 0 Å². The molecule has 2 N–H and O–H groups in total. The van der Waals surface area contributed by atoms with Crippen molar-refractivity contribution in [3.8, 4) is 11.8 Å². The van der Waals surface area contributed by atoms with Gasteiger partial charge in [0.2, 0.25) is 0 Å². The SMILES string of the molecule is CC(C)(C)[Si](C)(C)OC/C=C/C#C/C=C(/C=C/CO)C(=O)O. The Morgan fingerprint density at radius 2 is 1.86 bits per heavy atom. The Labute approximate surface area is 134 Å². The number of carboxylic acid groups (broad SMARTS) is 1. The summed E-state index contributed by atoms with van der Waals surface area (Å²) in [5, 5.41) is 17.7. The maximum absolute atomic E-state index is 10.9. The Kier molecular flexibility index (Phi) is 8.72. The topological polar surface area (TPSA) is 66.8 Å². The molecule has 0 rings (SSSR count). The predicted octanol–water partition coefficient (Wildman–Crippen LogP) is 3.13. The number of carboxylic acids is 1. The normalized spacial score (nSPS) is 13.5. The lowest BCUT2D eigenvalue weighted by Gasteiger charge is -2.35. The van der Waals surface area contributed by atoms with Gasteiger partial charge in [0, 0.05) is 6.08 Å². The van der Waals surface area contributed by atoms with E-state index in [9.17, 15) is 4.79 Å². The first kappa shape index (κ1) is 20.4. The van der Waals surface area contributed by atoms with Gasteiger partial charge in [-0.3, -0.25) is 0 Å². The van der Waals surface area contributed by atoms with Crippen LogP contribution in [0.4, 0.5) is 0 Å². The second-order valence-electron chi connectivity index (χ2n) is 6.25. The molecule has 0 unspecified atom stereocenters. The van der Waals surface area contributed by atoms with E-state index in [1.165, 1.54) is 18.2 Å². The number of hydrogen-bond donors (Lipinski definition) is 2. The maximum atomic E-state index is 10.9. The molecule has 0 bridgehead atoms. The van der Waals surface area contributed by atoms with E-state index in [0.29, 0.717) is 6.61 Å². The van der Waals surface area contributed by atoms with Crippen molar-refractivity contribution in [1.29, 1.82) is 0 Å². The molecule has 0 spiro atoms. The smallest absolute Gasteiger partial charge is 0.336 e. The van der Waals surface area contributed by atoms with Crippen molar-refractivity contribution in [1.82, 2.24) is 0 Å². The first-order valence-electron chi connectivity index (χ1n) is 7.12. The van der Waals surface area contributed by atoms with E-state index in [-0.39, 0.29) is 17.2 Å². The van der Waals surface area contributed by atoms with Gasteiger partial charge in [0.1, 0.15) is 0 Å². The van der Waals surface area contributed by atoms with Gasteiger partial charge in [0.05, 0.1) is 18.8 Å². The van der Waals surface area contributed by atoms with Crippen LogP contribution in [0.25, 0.3) is 0 Å². The van der Waals surface area contributed by atoms with Crippen LogP contribution in [-0.2, 0) is 9.22 Å². The van der Waals surface area contributed by atoms with Crippen LogP contribution in [0.5, 0.6) is 0 Å². The van der Waals surface area contributed by atoms with Crippen LogP contribution < -0.4 is 0 Å². The van der Waals surface area contributed by atoms with Gasteiger partial charge >= 0.3 is 5.97 Å². The Morgan fingerprint density at radius 1 is 1.23 bits per heavy atom. The summed E-state index contributed by atoms with van der Waals surface area (Å²) in [7, 11) is -1.74. The molecule has 122 valence electrons. The van der Waals surface area contributed by atoms with Crippen LogP contribution in [0.2, 0.25) is 18.1 Å². The third-order valence-electron chi connectivity index (χ3n) is 3.51. The van der Waals surface area contributed by atoms with Crippen molar-refractivity contribution in [2.24, 2.45) is 0 Å². The summed E-state index contributed by atoms with van der Waals surface area (Å²) in [6.45, 7) is 11.2. The first-order valence-corrected chi connectivity index (χ1v) is 10.0. The van der Waals surface area contributed by atoms with Crippen LogP contribution in [0, 0.1) is 11.8 Å². The second kappa shape index (κ2) is 9.41. The average Bonchev–Trinajstić information content (AvgIpc) is 2.39. The molecule has 0 amide bonds. The number of allylic oxidation sites excluding steroid dienone is 2. The molecule has 0 aliphatic heterocycles. The van der Waals surface area contributed by atoms with Gasteiger partial charge in [-0.15, -0.1) is 0 Å². The molecule has 5 heteroatoms. The van der Waals surface area contributed by atoms with E-state index in [2.05, 4.69) is 45.7 Å². The largest absolute Gasteiger partial charge is 0.478 e. The third kappa shape index (κ3) is 7.98. The van der Waals surface area contributed by atoms with Gasteiger partial charge in [0.15, 0.2) is 8.32 Å². The van der Waals surface area contributed by atoms with Gasteiger partial charge in [-0.25, -0.2) is 4.79 Å². The predicted molar refractivity (Wildman–Crippen MR) is 92.0 cm³/mol. The van der Waals surface area contributed by atoms with Crippen LogP contribution in [-0.4, -0.2) is 37.7 Å². The number of aliphatic hydroxyl groups is 1. The molecule has 0 heterocycles. The van der Waals surface area contributed by atoms with Gasteiger partial charge in [-0.1, -0.05) is 44.8 Å². The summed E-state index contributed by atoms with van der Waals surface area (Å²) in [4.78, 5) is 10.9. The third-order valence-corrected chi connectivity index (χ3v) is 8.01. The Morgan fingerprint density at radius 3 is 2.36 bits per heavy atom. The highest BCUT2D eigenvalue weighted by atomic mass is 28.4. The van der Waals surface area contributed by atoms with E-state index >= 15 is 0 Å². The molecular weight excluding hydrogens is 296 g/mol. The highest BCUT2D eigenvalue weighted by Gasteiger charge is 2.36. The number of hydrogen-bond acceptors (Lipinski definition) is 3. The summed E-state index contributed by atoms with van der Waals surface area (Å²) in [5.74, 6) is 4.31. The number of carbonyl (C=O) groups is 1. The zero-order chi connectivity index (χ0) is 17.2. The van der Waals surface area contributed by atoms with Crippen LogP contribution in [0.1, 0.15) is 20.8 Å². The highest BCUT2D eigenvalue weighted by Crippen LogP contribution is 2.36. The van der Waals surface area contributed by atoms with E-state index in [1.54, 1.807) is 6.08 Å². The molecule has 0 saturated heterocycles. The zero-order valence-corrected chi connectivity index (χ0v) is 15.0. The van der Waals surface area contributed by atoms with Crippen LogP contribution in [0.15, 0.2) is 36.0 Å². The highest BCUT2D eigenvalue weighted by molar-refractivity contribution is 6.74. The lowest BCUT2D eigenvalue weighted by molar-refractivity contribution is -0.132. The quantitative estimate of drug-likeness (QED) is 0.341. The molecular formula is C17H26O4Si. The maximum Gasteiger partial charge on any atom is 0.336 e. The number of aliphatic hydroxyl groups excluding tert-OH is 1. The molecule has 0 aliphatic carbocycles. The minimum absolute atomic E-state index is 0.0347. The number of rotatable bonds is 6. The van der Waals surface area contributed by atoms with Gasteiger partial charge < -0.3 is 14.6 Å². The molecule has 0 aromatic heterocycles.